The molecule has 2 N–H and O–H groups in total. The molecule has 0 saturated heterocycles. The third-order valence-electron chi connectivity index (χ3n) is 3.86. The maximum Gasteiger partial charge on any atom is 0.175 e. The van der Waals surface area contributed by atoms with Gasteiger partial charge in [0.2, 0.25) is 0 Å². The number of benzene rings is 2. The van der Waals surface area contributed by atoms with E-state index in [0.717, 1.165) is 34.2 Å². The molecule has 0 aliphatic carbocycles. The topological polar surface area (TPSA) is 51.1 Å². The number of hydrogen-bond donors (Lipinski definition) is 2. The number of para-hydroxylation sites is 1. The Morgan fingerprint density at radius 3 is 2.52 bits per heavy atom. The summed E-state index contributed by atoms with van der Waals surface area (Å²) in [6, 6.07) is 17.6. The van der Waals surface area contributed by atoms with Crippen LogP contribution in [0.25, 0.3) is 5.69 Å². The number of methoxy groups -OCH3 is 1. The van der Waals surface area contributed by atoms with E-state index in [1.165, 1.54) is 0 Å². The van der Waals surface area contributed by atoms with Crippen LogP contribution in [0.2, 0.25) is 0 Å². The lowest BCUT2D eigenvalue weighted by Gasteiger charge is -2.12. The Hall–Kier alpha value is -2.86. The normalized spacial score (nSPS) is 10.4. The van der Waals surface area contributed by atoms with E-state index < -0.39 is 0 Å². The number of nitrogens with zero attached hydrogens (tertiary/aromatic N) is 2. The molecule has 1 heterocycles. The van der Waals surface area contributed by atoms with Gasteiger partial charge in [0.1, 0.15) is 5.75 Å². The molecule has 2 aromatic carbocycles. The first kappa shape index (κ1) is 17.0. The predicted octanol–water partition coefficient (Wildman–Crippen LogP) is 4.31. The summed E-state index contributed by atoms with van der Waals surface area (Å²) in [5.74, 6) is 0.775. The summed E-state index contributed by atoms with van der Waals surface area (Å²) >= 11 is 5.44. The van der Waals surface area contributed by atoms with Crippen LogP contribution in [-0.4, -0.2) is 22.0 Å². The zero-order valence-electron chi connectivity index (χ0n) is 14.4. The van der Waals surface area contributed by atoms with Gasteiger partial charge in [-0.3, -0.25) is 0 Å². The quantitative estimate of drug-likeness (QED) is 0.686. The number of rotatable bonds is 4. The highest BCUT2D eigenvalue weighted by atomic mass is 32.1. The Morgan fingerprint density at radius 1 is 1.04 bits per heavy atom. The van der Waals surface area contributed by atoms with Gasteiger partial charge in [0.25, 0.3) is 0 Å². The van der Waals surface area contributed by atoms with Crippen LogP contribution >= 0.6 is 12.2 Å². The summed E-state index contributed by atoms with van der Waals surface area (Å²) in [6.07, 6.45) is 0. The first-order valence-electron chi connectivity index (χ1n) is 7.92. The Kier molecular flexibility index (Phi) is 5.00. The zero-order valence-corrected chi connectivity index (χ0v) is 15.2. The molecule has 6 heteroatoms. The molecule has 128 valence electrons. The zero-order chi connectivity index (χ0) is 17.8. The number of aromatic nitrogens is 2. The van der Waals surface area contributed by atoms with Crippen LogP contribution in [0.15, 0.2) is 54.6 Å². The van der Waals surface area contributed by atoms with E-state index in [4.69, 9.17) is 17.0 Å². The van der Waals surface area contributed by atoms with Gasteiger partial charge in [-0.15, -0.1) is 0 Å². The van der Waals surface area contributed by atoms with Gasteiger partial charge in [0, 0.05) is 11.8 Å². The highest BCUT2D eigenvalue weighted by Crippen LogP contribution is 2.23. The van der Waals surface area contributed by atoms with Crippen LogP contribution in [0.5, 0.6) is 5.75 Å². The third kappa shape index (κ3) is 3.80. The number of hydrogen-bond acceptors (Lipinski definition) is 3. The first-order valence-corrected chi connectivity index (χ1v) is 8.33. The summed E-state index contributed by atoms with van der Waals surface area (Å²) in [6.45, 7) is 3.98. The van der Waals surface area contributed by atoms with E-state index >= 15 is 0 Å². The highest BCUT2D eigenvalue weighted by molar-refractivity contribution is 7.80. The second kappa shape index (κ2) is 7.36. The molecule has 5 nitrogen and oxygen atoms in total. The summed E-state index contributed by atoms with van der Waals surface area (Å²) in [5.41, 5.74) is 4.67. The van der Waals surface area contributed by atoms with Crippen molar-refractivity contribution >= 4 is 28.7 Å². The Labute approximate surface area is 152 Å². The standard InChI is InChI=1S/C19H20N4OS/c1-13-18(14(2)23(22-13)16-9-5-4-6-10-16)21-19(25)20-15-8-7-11-17(12-15)24-3/h4-12H,1-3H3,(H2,20,21,25). The SMILES string of the molecule is COc1cccc(NC(=S)Nc2c(C)nn(-c3ccccc3)c2C)c1. The van der Waals surface area contributed by atoms with E-state index in [9.17, 15) is 0 Å². The van der Waals surface area contributed by atoms with Gasteiger partial charge in [-0.05, 0) is 50.3 Å². The van der Waals surface area contributed by atoms with Gasteiger partial charge >= 0.3 is 0 Å². The maximum atomic E-state index is 5.44. The molecule has 0 unspecified atom stereocenters. The summed E-state index contributed by atoms with van der Waals surface area (Å²) in [7, 11) is 1.64. The van der Waals surface area contributed by atoms with Crippen molar-refractivity contribution in [1.29, 1.82) is 0 Å². The molecule has 0 radical (unpaired) electrons. The lowest BCUT2D eigenvalue weighted by Crippen LogP contribution is -2.19. The average Bonchev–Trinajstić information content (AvgIpc) is 2.91. The van der Waals surface area contributed by atoms with E-state index in [1.807, 2.05) is 73.1 Å². The molecule has 0 fully saturated rings. The van der Waals surface area contributed by atoms with Crippen molar-refractivity contribution in [2.24, 2.45) is 0 Å². The van der Waals surface area contributed by atoms with Crippen LogP contribution in [-0.2, 0) is 0 Å². The van der Waals surface area contributed by atoms with Crippen molar-refractivity contribution in [3.05, 3.63) is 66.0 Å². The smallest absolute Gasteiger partial charge is 0.175 e. The van der Waals surface area contributed by atoms with E-state index in [1.54, 1.807) is 7.11 Å². The molecule has 3 rings (SSSR count). The van der Waals surface area contributed by atoms with Crippen LogP contribution in [0.1, 0.15) is 11.4 Å². The number of ether oxygens (including phenoxy) is 1. The number of nitrogens with one attached hydrogen (secondary N) is 2. The van der Waals surface area contributed by atoms with Gasteiger partial charge in [0.05, 0.1) is 29.9 Å². The van der Waals surface area contributed by atoms with E-state index in [0.29, 0.717) is 5.11 Å². The van der Waals surface area contributed by atoms with Gasteiger partial charge in [-0.25, -0.2) is 4.68 Å². The fourth-order valence-electron chi connectivity index (χ4n) is 2.62. The molecule has 0 saturated carbocycles. The van der Waals surface area contributed by atoms with Crippen LogP contribution in [0, 0.1) is 13.8 Å². The van der Waals surface area contributed by atoms with Crippen molar-refractivity contribution in [2.45, 2.75) is 13.8 Å². The molecule has 0 aliphatic rings. The lowest BCUT2D eigenvalue weighted by atomic mass is 10.3. The largest absolute Gasteiger partial charge is 0.497 e. The van der Waals surface area contributed by atoms with Crippen molar-refractivity contribution in [2.75, 3.05) is 17.7 Å². The second-order valence-corrected chi connectivity index (χ2v) is 6.01. The highest BCUT2D eigenvalue weighted by Gasteiger charge is 2.14. The molecule has 0 spiro atoms. The molecule has 1 aromatic heterocycles. The number of thiocarbonyl (C=S) groups is 1. The first-order chi connectivity index (χ1) is 12.1. The molecule has 0 aliphatic heterocycles. The summed E-state index contributed by atoms with van der Waals surface area (Å²) in [4.78, 5) is 0. The fraction of sp³-hybridized carbons (Fsp3) is 0.158. The molecular formula is C19H20N4OS. The fourth-order valence-corrected chi connectivity index (χ4v) is 2.84. The van der Waals surface area contributed by atoms with Crippen LogP contribution < -0.4 is 15.4 Å². The average molecular weight is 352 g/mol. The van der Waals surface area contributed by atoms with Crippen molar-refractivity contribution in [1.82, 2.24) is 9.78 Å². The minimum atomic E-state index is 0.507. The monoisotopic (exact) mass is 352 g/mol. The second-order valence-electron chi connectivity index (χ2n) is 5.60. The minimum absolute atomic E-state index is 0.507. The lowest BCUT2D eigenvalue weighted by molar-refractivity contribution is 0.415. The Bertz CT molecular complexity index is 890. The Balaban J connectivity index is 1.78. The van der Waals surface area contributed by atoms with E-state index in [2.05, 4.69) is 15.7 Å². The van der Waals surface area contributed by atoms with Gasteiger partial charge < -0.3 is 15.4 Å². The van der Waals surface area contributed by atoms with Crippen molar-refractivity contribution in [3.8, 4) is 11.4 Å². The molecule has 3 aromatic rings. The molecule has 0 atom stereocenters. The van der Waals surface area contributed by atoms with Crippen molar-refractivity contribution < 1.29 is 4.74 Å². The molecule has 25 heavy (non-hydrogen) atoms. The van der Waals surface area contributed by atoms with Gasteiger partial charge in [-0.1, -0.05) is 24.3 Å². The number of anilines is 2. The van der Waals surface area contributed by atoms with Crippen molar-refractivity contribution in [3.63, 3.8) is 0 Å². The molecular weight excluding hydrogens is 332 g/mol. The van der Waals surface area contributed by atoms with Crippen LogP contribution in [0.3, 0.4) is 0 Å². The van der Waals surface area contributed by atoms with E-state index in [-0.39, 0.29) is 0 Å². The minimum Gasteiger partial charge on any atom is -0.497 e. The molecule has 0 amide bonds. The predicted molar refractivity (Wildman–Crippen MR) is 106 cm³/mol. The Morgan fingerprint density at radius 2 is 1.80 bits per heavy atom. The molecule has 0 bridgehead atoms. The number of aryl methyl sites for hydroxylation is 1. The summed E-state index contributed by atoms with van der Waals surface area (Å²) < 4.78 is 7.14. The van der Waals surface area contributed by atoms with Gasteiger partial charge in [0.15, 0.2) is 5.11 Å². The summed E-state index contributed by atoms with van der Waals surface area (Å²) in [5, 5.41) is 11.5. The third-order valence-corrected chi connectivity index (χ3v) is 4.06. The maximum absolute atomic E-state index is 5.44. The van der Waals surface area contributed by atoms with Gasteiger partial charge in [-0.2, -0.15) is 5.10 Å². The van der Waals surface area contributed by atoms with Crippen LogP contribution in [0.4, 0.5) is 11.4 Å².